The molecule has 0 saturated carbocycles. The van der Waals surface area contributed by atoms with Gasteiger partial charge in [0.2, 0.25) is 5.91 Å². The quantitative estimate of drug-likeness (QED) is 0.499. The maximum absolute atomic E-state index is 12.0. The van der Waals surface area contributed by atoms with Crippen LogP contribution in [0.15, 0.2) is 46.8 Å². The number of hydrogen-bond donors (Lipinski definition) is 2. The summed E-state index contributed by atoms with van der Waals surface area (Å²) in [6.07, 6.45) is 0.814. The lowest BCUT2D eigenvalue weighted by Crippen LogP contribution is -2.40. The van der Waals surface area contributed by atoms with Gasteiger partial charge in [-0.15, -0.1) is 11.3 Å². The second-order valence-corrected chi connectivity index (χ2v) is 7.35. The van der Waals surface area contributed by atoms with Gasteiger partial charge in [-0.25, -0.2) is 14.8 Å². The van der Waals surface area contributed by atoms with Crippen LogP contribution in [0, 0.1) is 0 Å². The second kappa shape index (κ2) is 8.77. The molecule has 0 aliphatic heterocycles. The van der Waals surface area contributed by atoms with Crippen LogP contribution in [0.25, 0.3) is 21.6 Å². The summed E-state index contributed by atoms with van der Waals surface area (Å²) in [6.45, 7) is 2.48. The van der Waals surface area contributed by atoms with Crippen LogP contribution >= 0.6 is 23.1 Å². The molecule has 0 radical (unpaired) electrons. The first kappa shape index (κ1) is 18.3. The maximum atomic E-state index is 12.0. The zero-order valence-electron chi connectivity index (χ0n) is 14.2. The Hall–Kier alpha value is -2.45. The van der Waals surface area contributed by atoms with E-state index in [1.54, 1.807) is 11.3 Å². The molecule has 3 rings (SSSR count). The number of thiophene rings is 1. The van der Waals surface area contributed by atoms with Crippen LogP contribution in [0.3, 0.4) is 0 Å². The van der Waals surface area contributed by atoms with Gasteiger partial charge in [0, 0.05) is 11.9 Å². The molecule has 3 amide bonds. The van der Waals surface area contributed by atoms with E-state index >= 15 is 0 Å². The SMILES string of the molecule is CCCNC(=O)NC(=O)CSc1nc(-c2cccs2)nc2ccccc12. The summed E-state index contributed by atoms with van der Waals surface area (Å²) in [5.41, 5.74) is 0.828. The summed E-state index contributed by atoms with van der Waals surface area (Å²) < 4.78 is 0. The highest BCUT2D eigenvalue weighted by Crippen LogP contribution is 2.29. The Morgan fingerprint density at radius 3 is 2.77 bits per heavy atom. The predicted molar refractivity (Wildman–Crippen MR) is 105 cm³/mol. The highest BCUT2D eigenvalue weighted by atomic mass is 32.2. The van der Waals surface area contributed by atoms with Crippen LogP contribution in [0.2, 0.25) is 0 Å². The van der Waals surface area contributed by atoms with E-state index in [4.69, 9.17) is 0 Å². The number of thioether (sulfide) groups is 1. The molecule has 0 fully saturated rings. The first-order valence-corrected chi connectivity index (χ1v) is 10.0. The maximum Gasteiger partial charge on any atom is 0.321 e. The van der Waals surface area contributed by atoms with Gasteiger partial charge < -0.3 is 5.32 Å². The molecule has 0 aliphatic rings. The molecule has 0 unspecified atom stereocenters. The third kappa shape index (κ3) is 4.59. The van der Waals surface area contributed by atoms with Crippen molar-refractivity contribution in [2.45, 2.75) is 18.4 Å². The molecule has 3 aromatic rings. The van der Waals surface area contributed by atoms with Gasteiger partial charge in [-0.3, -0.25) is 10.1 Å². The van der Waals surface area contributed by atoms with E-state index < -0.39 is 6.03 Å². The Labute approximate surface area is 159 Å². The molecule has 2 heterocycles. The average Bonchev–Trinajstić information content (AvgIpc) is 3.19. The number of hydrogen-bond acceptors (Lipinski definition) is 6. The topological polar surface area (TPSA) is 84.0 Å². The molecule has 8 heteroatoms. The van der Waals surface area contributed by atoms with Gasteiger partial charge in [0.1, 0.15) is 5.03 Å². The van der Waals surface area contributed by atoms with Crippen LogP contribution in [-0.2, 0) is 4.79 Å². The largest absolute Gasteiger partial charge is 0.338 e. The lowest BCUT2D eigenvalue weighted by Gasteiger charge is -2.08. The number of benzene rings is 1. The molecule has 134 valence electrons. The second-order valence-electron chi connectivity index (χ2n) is 5.44. The Morgan fingerprint density at radius 1 is 1.15 bits per heavy atom. The van der Waals surface area contributed by atoms with Crippen molar-refractivity contribution in [2.75, 3.05) is 12.3 Å². The van der Waals surface area contributed by atoms with Crippen molar-refractivity contribution >= 4 is 45.9 Å². The van der Waals surface area contributed by atoms with Gasteiger partial charge in [-0.2, -0.15) is 0 Å². The van der Waals surface area contributed by atoms with Gasteiger partial charge >= 0.3 is 6.03 Å². The smallest absolute Gasteiger partial charge is 0.321 e. The summed E-state index contributed by atoms with van der Waals surface area (Å²) in [7, 11) is 0. The van der Waals surface area contributed by atoms with E-state index in [1.807, 2.05) is 48.7 Å². The highest BCUT2D eigenvalue weighted by Gasteiger charge is 2.13. The summed E-state index contributed by atoms with van der Waals surface area (Å²) >= 11 is 2.86. The fourth-order valence-electron chi connectivity index (χ4n) is 2.25. The highest BCUT2D eigenvalue weighted by molar-refractivity contribution is 8.00. The van der Waals surface area contributed by atoms with Gasteiger partial charge in [0.15, 0.2) is 5.82 Å². The van der Waals surface area contributed by atoms with E-state index in [1.165, 1.54) is 11.8 Å². The van der Waals surface area contributed by atoms with E-state index in [9.17, 15) is 9.59 Å². The minimum Gasteiger partial charge on any atom is -0.338 e. The summed E-state index contributed by atoms with van der Waals surface area (Å²) in [6, 6.07) is 11.1. The molecule has 0 aliphatic carbocycles. The summed E-state index contributed by atoms with van der Waals surface area (Å²) in [5.74, 6) is 0.385. The Morgan fingerprint density at radius 2 is 2.00 bits per heavy atom. The Bertz CT molecular complexity index is 913. The standard InChI is InChI=1S/C18H18N4O2S2/c1-2-9-19-18(24)21-15(23)11-26-17-12-6-3-4-7-13(12)20-16(22-17)14-8-5-10-25-14/h3-8,10H,2,9,11H2,1H3,(H2,19,21,23,24). The lowest BCUT2D eigenvalue weighted by molar-refractivity contribution is -0.117. The van der Waals surface area contributed by atoms with Crippen molar-refractivity contribution in [1.82, 2.24) is 20.6 Å². The molecular formula is C18H18N4O2S2. The van der Waals surface area contributed by atoms with Crippen LogP contribution < -0.4 is 10.6 Å². The van der Waals surface area contributed by atoms with Crippen molar-refractivity contribution < 1.29 is 9.59 Å². The van der Waals surface area contributed by atoms with Crippen LogP contribution in [0.5, 0.6) is 0 Å². The third-order valence-electron chi connectivity index (χ3n) is 3.44. The Balaban J connectivity index is 1.76. The number of carbonyl (C=O) groups excluding carboxylic acids is 2. The minimum atomic E-state index is -0.468. The molecule has 2 aromatic heterocycles. The fraction of sp³-hybridized carbons (Fsp3) is 0.222. The number of para-hydroxylation sites is 1. The van der Waals surface area contributed by atoms with Gasteiger partial charge in [-0.05, 0) is 23.9 Å². The van der Waals surface area contributed by atoms with E-state index in [2.05, 4.69) is 20.6 Å². The number of carbonyl (C=O) groups is 2. The number of urea groups is 1. The molecule has 2 N–H and O–H groups in total. The number of aromatic nitrogens is 2. The van der Waals surface area contributed by atoms with Crippen molar-refractivity contribution in [1.29, 1.82) is 0 Å². The van der Waals surface area contributed by atoms with Crippen molar-refractivity contribution in [2.24, 2.45) is 0 Å². The number of fused-ring (bicyclic) bond motifs is 1. The van der Waals surface area contributed by atoms with E-state index in [-0.39, 0.29) is 11.7 Å². The monoisotopic (exact) mass is 386 g/mol. The van der Waals surface area contributed by atoms with E-state index in [0.29, 0.717) is 12.4 Å². The lowest BCUT2D eigenvalue weighted by atomic mass is 10.2. The molecule has 0 spiro atoms. The first-order valence-electron chi connectivity index (χ1n) is 8.18. The normalized spacial score (nSPS) is 10.7. The van der Waals surface area contributed by atoms with Gasteiger partial charge in [-0.1, -0.05) is 43.0 Å². The first-order chi connectivity index (χ1) is 12.7. The average molecular weight is 387 g/mol. The number of nitrogens with zero attached hydrogens (tertiary/aromatic N) is 2. The molecule has 6 nitrogen and oxygen atoms in total. The minimum absolute atomic E-state index is 0.102. The van der Waals surface area contributed by atoms with Gasteiger partial charge in [0.05, 0.1) is 16.1 Å². The van der Waals surface area contributed by atoms with Crippen LogP contribution in [-0.4, -0.2) is 34.2 Å². The summed E-state index contributed by atoms with van der Waals surface area (Å²) in [4.78, 5) is 33.8. The molecule has 1 aromatic carbocycles. The molecular weight excluding hydrogens is 368 g/mol. The van der Waals surface area contributed by atoms with Crippen molar-refractivity contribution in [3.05, 3.63) is 41.8 Å². The van der Waals surface area contributed by atoms with Gasteiger partial charge in [0.25, 0.3) is 0 Å². The predicted octanol–water partition coefficient (Wildman–Crippen LogP) is 3.69. The molecule has 26 heavy (non-hydrogen) atoms. The zero-order valence-corrected chi connectivity index (χ0v) is 15.8. The van der Waals surface area contributed by atoms with Crippen molar-refractivity contribution in [3.63, 3.8) is 0 Å². The molecule has 0 saturated heterocycles. The fourth-order valence-corrected chi connectivity index (χ4v) is 3.73. The Kier molecular flexibility index (Phi) is 6.19. The molecule has 0 atom stereocenters. The van der Waals surface area contributed by atoms with Crippen LogP contribution in [0.1, 0.15) is 13.3 Å². The molecule has 0 bridgehead atoms. The number of amides is 3. The zero-order chi connectivity index (χ0) is 18.4. The van der Waals surface area contributed by atoms with E-state index in [0.717, 1.165) is 27.2 Å². The number of nitrogens with one attached hydrogen (secondary N) is 2. The number of imide groups is 1. The van der Waals surface area contributed by atoms with Crippen LogP contribution in [0.4, 0.5) is 4.79 Å². The van der Waals surface area contributed by atoms with Crippen molar-refractivity contribution in [3.8, 4) is 10.7 Å². The number of rotatable bonds is 6. The third-order valence-corrected chi connectivity index (χ3v) is 5.30. The summed E-state index contributed by atoms with van der Waals surface area (Å²) in [5, 5.41) is 8.53.